The highest BCUT2D eigenvalue weighted by Crippen LogP contribution is 2.10. The molecule has 1 atom stereocenters. The van der Waals surface area contributed by atoms with Crippen molar-refractivity contribution >= 4 is 0 Å². The van der Waals surface area contributed by atoms with E-state index >= 15 is 0 Å². The Morgan fingerprint density at radius 1 is 1.18 bits per heavy atom. The van der Waals surface area contributed by atoms with Gasteiger partial charge in [-0.3, -0.25) is 4.90 Å². The number of nitrogens with zero attached hydrogens (tertiary/aromatic N) is 1. The Kier molecular flexibility index (Phi) is 3.83. The molecule has 0 radical (unpaired) electrons. The van der Waals surface area contributed by atoms with E-state index in [1.807, 2.05) is 0 Å². The smallest absolute Gasteiger partial charge is 0.0583 e. The van der Waals surface area contributed by atoms with Gasteiger partial charge in [-0.05, 0) is 38.9 Å². The van der Waals surface area contributed by atoms with Crippen LogP contribution in [-0.4, -0.2) is 30.7 Å². The zero-order valence-corrected chi connectivity index (χ0v) is 7.13. The molecule has 1 saturated heterocycles. The second-order valence-electron chi connectivity index (χ2n) is 3.24. The maximum absolute atomic E-state index is 5.90. The summed E-state index contributed by atoms with van der Waals surface area (Å²) in [5, 5.41) is 0. The fourth-order valence-corrected chi connectivity index (χ4v) is 1.60. The summed E-state index contributed by atoms with van der Waals surface area (Å²) in [5.41, 5.74) is 11.3. The van der Waals surface area contributed by atoms with Gasteiger partial charge in [-0.25, -0.2) is 0 Å². The highest BCUT2D eigenvalue weighted by molar-refractivity contribution is 4.70. The minimum atomic E-state index is 0.209. The SMILES string of the molecule is NCCC(N)N1CCCCC1. The molecule has 3 heteroatoms. The first-order chi connectivity index (χ1) is 5.34. The van der Waals surface area contributed by atoms with Crippen molar-refractivity contribution in [2.45, 2.75) is 31.8 Å². The number of piperidine rings is 1. The maximum Gasteiger partial charge on any atom is 0.0583 e. The molecule has 0 spiro atoms. The first-order valence-corrected chi connectivity index (χ1v) is 4.54. The zero-order chi connectivity index (χ0) is 8.10. The van der Waals surface area contributed by atoms with Gasteiger partial charge in [-0.15, -0.1) is 0 Å². The van der Waals surface area contributed by atoms with Crippen LogP contribution in [0.5, 0.6) is 0 Å². The van der Waals surface area contributed by atoms with E-state index in [0.29, 0.717) is 6.54 Å². The largest absolute Gasteiger partial charge is 0.330 e. The summed E-state index contributed by atoms with van der Waals surface area (Å²) >= 11 is 0. The van der Waals surface area contributed by atoms with Crippen LogP contribution >= 0.6 is 0 Å². The summed E-state index contributed by atoms with van der Waals surface area (Å²) in [5.74, 6) is 0. The lowest BCUT2D eigenvalue weighted by atomic mass is 10.1. The molecule has 0 aromatic carbocycles. The van der Waals surface area contributed by atoms with E-state index in [4.69, 9.17) is 11.5 Å². The van der Waals surface area contributed by atoms with Crippen LogP contribution in [0.1, 0.15) is 25.7 Å². The minimum absolute atomic E-state index is 0.209. The molecule has 1 unspecified atom stereocenters. The van der Waals surface area contributed by atoms with Gasteiger partial charge in [0.1, 0.15) is 0 Å². The molecule has 1 heterocycles. The highest BCUT2D eigenvalue weighted by atomic mass is 15.2. The molecule has 0 saturated carbocycles. The third-order valence-electron chi connectivity index (χ3n) is 2.32. The second-order valence-corrected chi connectivity index (χ2v) is 3.24. The standard InChI is InChI=1S/C8H19N3/c9-5-4-8(10)11-6-2-1-3-7-11/h8H,1-7,9-10H2. The van der Waals surface area contributed by atoms with Crippen molar-refractivity contribution in [2.24, 2.45) is 11.5 Å². The summed E-state index contributed by atoms with van der Waals surface area (Å²) in [7, 11) is 0. The Morgan fingerprint density at radius 3 is 2.36 bits per heavy atom. The molecule has 1 fully saturated rings. The Morgan fingerprint density at radius 2 is 1.82 bits per heavy atom. The highest BCUT2D eigenvalue weighted by Gasteiger charge is 2.15. The molecule has 11 heavy (non-hydrogen) atoms. The van der Waals surface area contributed by atoms with Crippen LogP contribution < -0.4 is 11.5 Å². The summed E-state index contributed by atoms with van der Waals surface area (Å²) < 4.78 is 0. The molecule has 0 aromatic heterocycles. The van der Waals surface area contributed by atoms with Crippen LogP contribution in [0.3, 0.4) is 0 Å². The van der Waals surface area contributed by atoms with E-state index < -0.39 is 0 Å². The van der Waals surface area contributed by atoms with Crippen molar-refractivity contribution < 1.29 is 0 Å². The lowest BCUT2D eigenvalue weighted by Crippen LogP contribution is -2.45. The van der Waals surface area contributed by atoms with Crippen molar-refractivity contribution in [3.63, 3.8) is 0 Å². The molecular formula is C8H19N3. The van der Waals surface area contributed by atoms with Gasteiger partial charge in [0.25, 0.3) is 0 Å². The molecule has 0 amide bonds. The molecule has 1 aliphatic rings. The molecular weight excluding hydrogens is 138 g/mol. The summed E-state index contributed by atoms with van der Waals surface area (Å²) in [6.45, 7) is 3.04. The van der Waals surface area contributed by atoms with Crippen LogP contribution in [0.25, 0.3) is 0 Å². The monoisotopic (exact) mass is 157 g/mol. The van der Waals surface area contributed by atoms with Crippen LogP contribution in [0.15, 0.2) is 0 Å². The number of hydrogen-bond acceptors (Lipinski definition) is 3. The Labute approximate surface area is 68.7 Å². The van der Waals surface area contributed by atoms with E-state index in [-0.39, 0.29) is 6.17 Å². The molecule has 0 bridgehead atoms. The maximum atomic E-state index is 5.90. The molecule has 1 rings (SSSR count). The van der Waals surface area contributed by atoms with E-state index in [1.54, 1.807) is 0 Å². The average molecular weight is 157 g/mol. The fourth-order valence-electron chi connectivity index (χ4n) is 1.60. The third-order valence-corrected chi connectivity index (χ3v) is 2.32. The van der Waals surface area contributed by atoms with Crippen molar-refractivity contribution in [1.82, 2.24) is 4.90 Å². The Balaban J connectivity index is 2.21. The molecule has 3 nitrogen and oxygen atoms in total. The van der Waals surface area contributed by atoms with Crippen molar-refractivity contribution in [1.29, 1.82) is 0 Å². The van der Waals surface area contributed by atoms with Gasteiger partial charge >= 0.3 is 0 Å². The van der Waals surface area contributed by atoms with Gasteiger partial charge in [-0.1, -0.05) is 6.42 Å². The van der Waals surface area contributed by atoms with Crippen LogP contribution in [0.4, 0.5) is 0 Å². The van der Waals surface area contributed by atoms with E-state index in [2.05, 4.69) is 4.90 Å². The van der Waals surface area contributed by atoms with Crippen LogP contribution in [0.2, 0.25) is 0 Å². The topological polar surface area (TPSA) is 55.3 Å². The number of likely N-dealkylation sites (tertiary alicyclic amines) is 1. The first kappa shape index (κ1) is 8.97. The lowest BCUT2D eigenvalue weighted by molar-refractivity contribution is 0.160. The predicted molar refractivity (Wildman–Crippen MR) is 47.1 cm³/mol. The Hall–Kier alpha value is -0.120. The van der Waals surface area contributed by atoms with Gasteiger partial charge < -0.3 is 11.5 Å². The first-order valence-electron chi connectivity index (χ1n) is 4.54. The Bertz CT molecular complexity index is 99.5. The van der Waals surface area contributed by atoms with Gasteiger partial charge in [0.15, 0.2) is 0 Å². The minimum Gasteiger partial charge on any atom is -0.330 e. The summed E-state index contributed by atoms with van der Waals surface area (Å²) in [6, 6.07) is 0. The quantitative estimate of drug-likeness (QED) is 0.611. The van der Waals surface area contributed by atoms with Crippen molar-refractivity contribution in [3.8, 4) is 0 Å². The normalized spacial score (nSPS) is 23.5. The zero-order valence-electron chi connectivity index (χ0n) is 7.13. The molecule has 66 valence electrons. The molecule has 1 aliphatic heterocycles. The molecule has 0 aromatic rings. The van der Waals surface area contributed by atoms with Crippen LogP contribution in [0, 0.1) is 0 Å². The molecule has 4 N–H and O–H groups in total. The number of rotatable bonds is 3. The van der Waals surface area contributed by atoms with Gasteiger partial charge in [-0.2, -0.15) is 0 Å². The van der Waals surface area contributed by atoms with E-state index in [1.165, 1.54) is 32.4 Å². The average Bonchev–Trinajstić information content (AvgIpc) is 2.07. The third kappa shape index (κ3) is 2.77. The number of nitrogens with two attached hydrogens (primary N) is 2. The fraction of sp³-hybridized carbons (Fsp3) is 1.00. The van der Waals surface area contributed by atoms with Crippen LogP contribution in [-0.2, 0) is 0 Å². The van der Waals surface area contributed by atoms with Gasteiger partial charge in [0.2, 0.25) is 0 Å². The number of hydrogen-bond donors (Lipinski definition) is 2. The second kappa shape index (κ2) is 4.70. The van der Waals surface area contributed by atoms with E-state index in [0.717, 1.165) is 6.42 Å². The van der Waals surface area contributed by atoms with Gasteiger partial charge in [0, 0.05) is 0 Å². The lowest BCUT2D eigenvalue weighted by Gasteiger charge is -2.31. The van der Waals surface area contributed by atoms with E-state index in [9.17, 15) is 0 Å². The summed E-state index contributed by atoms with van der Waals surface area (Å²) in [6.07, 6.45) is 5.11. The van der Waals surface area contributed by atoms with Crippen molar-refractivity contribution in [2.75, 3.05) is 19.6 Å². The van der Waals surface area contributed by atoms with Gasteiger partial charge in [0.05, 0.1) is 6.17 Å². The van der Waals surface area contributed by atoms with Crippen molar-refractivity contribution in [3.05, 3.63) is 0 Å². The molecule has 0 aliphatic carbocycles. The predicted octanol–water partition coefficient (Wildman–Crippen LogP) is 0.106. The summed E-state index contributed by atoms with van der Waals surface area (Å²) in [4.78, 5) is 2.34.